The van der Waals surface area contributed by atoms with Crippen LogP contribution < -0.4 is 0 Å². The Labute approximate surface area is 239 Å². The number of hydrogen-bond acceptors (Lipinski definition) is 6. The molecule has 0 bridgehead atoms. The zero-order valence-corrected chi connectivity index (χ0v) is 23.9. The van der Waals surface area contributed by atoms with Crippen molar-refractivity contribution in [3.8, 4) is 0 Å². The minimum atomic E-state index is -0.518. The average molecular weight is 567 g/mol. The van der Waals surface area contributed by atoms with Crippen LogP contribution in [0.15, 0.2) is 59.8 Å². The molecule has 0 spiro atoms. The first-order chi connectivity index (χ1) is 19.2. The molecular weight excluding hydrogens is 532 g/mol. The topological polar surface area (TPSA) is 93.2 Å². The highest BCUT2D eigenvalue weighted by Crippen LogP contribution is 2.40. The second-order valence-electron chi connectivity index (χ2n) is 10.0. The van der Waals surface area contributed by atoms with Gasteiger partial charge in [-0.1, -0.05) is 41.9 Å². The van der Waals surface area contributed by atoms with Crippen LogP contribution in [0.25, 0.3) is 0 Å². The van der Waals surface area contributed by atoms with E-state index in [9.17, 15) is 19.2 Å². The summed E-state index contributed by atoms with van der Waals surface area (Å²) in [5.41, 5.74) is 2.84. The molecule has 1 saturated heterocycles. The first kappa shape index (κ1) is 29.3. The van der Waals surface area contributed by atoms with Crippen molar-refractivity contribution in [1.82, 2.24) is 9.80 Å². The number of allylic oxidation sites excluding steroid dienone is 1. The summed E-state index contributed by atoms with van der Waals surface area (Å²) in [5, 5.41) is 0.484. The van der Waals surface area contributed by atoms with Crippen LogP contribution in [-0.2, 0) is 30.4 Å². The highest BCUT2D eigenvalue weighted by Gasteiger charge is 2.38. The van der Waals surface area contributed by atoms with Gasteiger partial charge in [-0.2, -0.15) is 0 Å². The van der Waals surface area contributed by atoms with Crippen LogP contribution in [-0.4, -0.2) is 59.9 Å². The summed E-state index contributed by atoms with van der Waals surface area (Å²) < 4.78 is 10.5. The van der Waals surface area contributed by atoms with Crippen molar-refractivity contribution >= 4 is 35.4 Å². The highest BCUT2D eigenvalue weighted by molar-refractivity contribution is 6.31. The van der Waals surface area contributed by atoms with Gasteiger partial charge in [0.15, 0.2) is 0 Å². The van der Waals surface area contributed by atoms with Gasteiger partial charge in [0.25, 0.3) is 5.91 Å². The van der Waals surface area contributed by atoms with Gasteiger partial charge in [-0.15, -0.1) is 0 Å². The second-order valence-corrected chi connectivity index (χ2v) is 10.4. The Bertz CT molecular complexity index is 1320. The largest absolute Gasteiger partial charge is 0.466 e. The second kappa shape index (κ2) is 13.1. The number of nitrogens with zero attached hydrogens (tertiary/aromatic N) is 2. The van der Waals surface area contributed by atoms with Crippen molar-refractivity contribution in [2.75, 3.05) is 26.3 Å². The number of benzene rings is 2. The summed E-state index contributed by atoms with van der Waals surface area (Å²) in [4.78, 5) is 55.4. The number of hydrogen-bond donors (Lipinski definition) is 0. The molecule has 9 heteroatoms. The van der Waals surface area contributed by atoms with Crippen molar-refractivity contribution in [2.24, 2.45) is 5.92 Å². The molecule has 212 valence electrons. The molecule has 0 aromatic heterocycles. The molecular formula is C31H35ClN2O6. The number of carbonyl (C=O) groups is 4. The summed E-state index contributed by atoms with van der Waals surface area (Å²) in [7, 11) is 0. The van der Waals surface area contributed by atoms with Gasteiger partial charge in [-0.3, -0.25) is 14.4 Å². The molecule has 0 N–H and O–H groups in total. The number of likely N-dealkylation sites (tertiary alicyclic amines) is 1. The number of esters is 2. The lowest BCUT2D eigenvalue weighted by Crippen LogP contribution is -2.42. The molecule has 2 aliphatic heterocycles. The van der Waals surface area contributed by atoms with Crippen LogP contribution in [0.1, 0.15) is 67.4 Å². The van der Waals surface area contributed by atoms with E-state index in [2.05, 4.69) is 0 Å². The Morgan fingerprint density at radius 2 is 1.77 bits per heavy atom. The molecule has 0 saturated carbocycles. The summed E-state index contributed by atoms with van der Waals surface area (Å²) in [6, 6.07) is 14.3. The van der Waals surface area contributed by atoms with Gasteiger partial charge in [-0.25, -0.2) is 4.79 Å². The smallest absolute Gasteiger partial charge is 0.336 e. The van der Waals surface area contributed by atoms with Crippen LogP contribution >= 0.6 is 11.6 Å². The zero-order valence-electron chi connectivity index (χ0n) is 23.2. The lowest BCUT2D eigenvalue weighted by molar-refractivity contribution is -0.149. The molecule has 2 heterocycles. The van der Waals surface area contributed by atoms with Gasteiger partial charge in [0.1, 0.15) is 0 Å². The van der Waals surface area contributed by atoms with E-state index in [1.165, 1.54) is 0 Å². The van der Waals surface area contributed by atoms with Crippen LogP contribution in [0, 0.1) is 5.92 Å². The Kier molecular flexibility index (Phi) is 9.63. The Balaban J connectivity index is 1.58. The van der Waals surface area contributed by atoms with E-state index in [0.717, 1.165) is 12.0 Å². The summed E-state index contributed by atoms with van der Waals surface area (Å²) >= 11 is 6.46. The molecule has 2 aliphatic rings. The number of ether oxygens (including phenoxy) is 2. The molecule has 2 unspecified atom stereocenters. The minimum absolute atomic E-state index is 0.0663. The summed E-state index contributed by atoms with van der Waals surface area (Å²) in [6.45, 7) is 6.84. The van der Waals surface area contributed by atoms with E-state index in [4.69, 9.17) is 21.1 Å². The maximum absolute atomic E-state index is 13.4. The molecule has 2 amide bonds. The normalized spacial score (nSPS) is 19.4. The molecule has 0 aliphatic carbocycles. The number of carbonyl (C=O) groups excluding carboxylic acids is 4. The van der Waals surface area contributed by atoms with Gasteiger partial charge < -0.3 is 19.3 Å². The lowest BCUT2D eigenvalue weighted by atomic mass is 9.83. The highest BCUT2D eigenvalue weighted by atomic mass is 35.5. The Morgan fingerprint density at radius 1 is 1.02 bits per heavy atom. The molecule has 40 heavy (non-hydrogen) atoms. The number of piperidine rings is 1. The molecule has 2 aromatic rings. The standard InChI is InChI=1S/C31H35ClN2O6/c1-4-39-30(37)23-12-9-15-33(19-23)29(36)22-11-8-10-21(16-22)18-34-20(3)28(31(38)40-5-2)25(17-27(34)35)24-13-6-7-14-26(24)32/h6-8,10-11,13-14,16,23,25H,4-5,9,12,15,17-19H2,1-3H3. The number of halogens is 1. The third-order valence-corrected chi connectivity index (χ3v) is 7.79. The Hall–Kier alpha value is -3.65. The van der Waals surface area contributed by atoms with Crippen LogP contribution in [0.4, 0.5) is 0 Å². The molecule has 1 fully saturated rings. The van der Waals surface area contributed by atoms with Crippen LogP contribution in [0.2, 0.25) is 5.02 Å². The summed E-state index contributed by atoms with van der Waals surface area (Å²) in [6.07, 6.45) is 1.49. The Morgan fingerprint density at radius 3 is 2.50 bits per heavy atom. The van der Waals surface area contributed by atoms with E-state index >= 15 is 0 Å². The van der Waals surface area contributed by atoms with E-state index in [0.29, 0.717) is 53.5 Å². The first-order valence-electron chi connectivity index (χ1n) is 13.7. The number of amides is 2. The van der Waals surface area contributed by atoms with Gasteiger partial charge in [-0.05, 0) is 62.9 Å². The third-order valence-electron chi connectivity index (χ3n) is 7.44. The maximum Gasteiger partial charge on any atom is 0.336 e. The zero-order chi connectivity index (χ0) is 28.8. The van der Waals surface area contributed by atoms with Crippen LogP contribution in [0.3, 0.4) is 0 Å². The van der Waals surface area contributed by atoms with Crippen molar-refractivity contribution in [3.63, 3.8) is 0 Å². The summed E-state index contributed by atoms with van der Waals surface area (Å²) in [5.74, 6) is -1.91. The molecule has 0 radical (unpaired) electrons. The molecule has 2 aromatic carbocycles. The average Bonchev–Trinajstić information content (AvgIpc) is 2.95. The molecule has 2 atom stereocenters. The van der Waals surface area contributed by atoms with E-state index < -0.39 is 11.9 Å². The van der Waals surface area contributed by atoms with Crippen molar-refractivity contribution in [3.05, 3.63) is 81.5 Å². The van der Waals surface area contributed by atoms with Gasteiger partial charge in [0, 0.05) is 41.7 Å². The first-order valence-corrected chi connectivity index (χ1v) is 14.1. The van der Waals surface area contributed by atoms with Crippen molar-refractivity contribution < 1.29 is 28.7 Å². The van der Waals surface area contributed by atoms with E-state index in [1.54, 1.807) is 60.9 Å². The fraction of sp³-hybridized carbons (Fsp3) is 0.419. The van der Waals surface area contributed by atoms with Gasteiger partial charge in [0.2, 0.25) is 5.91 Å². The molecule has 8 nitrogen and oxygen atoms in total. The minimum Gasteiger partial charge on any atom is -0.466 e. The fourth-order valence-corrected chi connectivity index (χ4v) is 5.75. The predicted octanol–water partition coefficient (Wildman–Crippen LogP) is 5.11. The number of rotatable bonds is 8. The van der Waals surface area contributed by atoms with Gasteiger partial charge in [0.05, 0.1) is 31.2 Å². The quantitative estimate of drug-likeness (QED) is 0.412. The van der Waals surface area contributed by atoms with Crippen molar-refractivity contribution in [2.45, 2.75) is 52.5 Å². The van der Waals surface area contributed by atoms with Crippen LogP contribution in [0.5, 0.6) is 0 Å². The third kappa shape index (κ3) is 6.39. The van der Waals surface area contributed by atoms with E-state index in [1.807, 2.05) is 18.2 Å². The van der Waals surface area contributed by atoms with Gasteiger partial charge >= 0.3 is 11.9 Å². The van der Waals surface area contributed by atoms with E-state index in [-0.39, 0.29) is 43.3 Å². The monoisotopic (exact) mass is 566 g/mol. The predicted molar refractivity (Wildman–Crippen MR) is 150 cm³/mol. The fourth-order valence-electron chi connectivity index (χ4n) is 5.48. The maximum atomic E-state index is 13.4. The molecule has 4 rings (SSSR count). The van der Waals surface area contributed by atoms with Crippen molar-refractivity contribution in [1.29, 1.82) is 0 Å². The lowest BCUT2D eigenvalue weighted by Gasteiger charge is -2.35. The SMILES string of the molecule is CCOC(=O)C1=C(C)N(Cc2cccc(C(=O)N3CCCC(C(=O)OCC)C3)c2)C(=O)CC1c1ccccc1Cl.